The van der Waals surface area contributed by atoms with Crippen molar-refractivity contribution in [2.24, 2.45) is 0 Å². The Kier molecular flexibility index (Phi) is 4.24. The van der Waals surface area contributed by atoms with E-state index in [-0.39, 0.29) is 18.9 Å². The molecule has 1 unspecified atom stereocenters. The maximum atomic E-state index is 12.2. The van der Waals surface area contributed by atoms with Crippen LogP contribution >= 0.6 is 0 Å². The molecule has 0 saturated carbocycles. The fourth-order valence-corrected chi connectivity index (χ4v) is 1.83. The molecule has 0 radical (unpaired) electrons. The molecule has 0 aromatic heterocycles. The fraction of sp³-hybridized carbons (Fsp3) is 0.818. The first-order valence-electron chi connectivity index (χ1n) is 5.85. The molecular formula is C11H17F3N2O2. The van der Waals surface area contributed by atoms with Crippen molar-refractivity contribution in [3.05, 3.63) is 0 Å². The Balaban J connectivity index is 2.78. The minimum atomic E-state index is -4.30. The van der Waals surface area contributed by atoms with E-state index in [1.807, 2.05) is 0 Å². The van der Waals surface area contributed by atoms with E-state index in [1.54, 1.807) is 13.8 Å². The standard InChI is InChI=1S/C11H17F3N2O2/c1-3-10(2)9(18)16(6-4-8(17)15-10)7-5-11(12,13)14/h3-7H2,1-2H3,(H,15,17). The Labute approximate surface area is 104 Å². The predicted molar refractivity (Wildman–Crippen MR) is 58.7 cm³/mol. The monoisotopic (exact) mass is 266 g/mol. The van der Waals surface area contributed by atoms with E-state index in [0.717, 1.165) is 4.90 Å². The second kappa shape index (κ2) is 5.16. The van der Waals surface area contributed by atoms with Crippen LogP contribution in [0, 0.1) is 0 Å². The van der Waals surface area contributed by atoms with Gasteiger partial charge in [0.25, 0.3) is 0 Å². The molecule has 1 saturated heterocycles. The fourth-order valence-electron chi connectivity index (χ4n) is 1.83. The predicted octanol–water partition coefficient (Wildman–Crippen LogP) is 1.46. The van der Waals surface area contributed by atoms with E-state index in [0.29, 0.717) is 6.42 Å². The SMILES string of the molecule is CCC1(C)NC(=O)CCN(CCC(F)(F)F)C1=O. The number of halogens is 3. The summed E-state index contributed by atoms with van der Waals surface area (Å²) in [6.07, 6.45) is -4.96. The smallest absolute Gasteiger partial charge is 0.342 e. The van der Waals surface area contributed by atoms with Gasteiger partial charge in [0.15, 0.2) is 0 Å². The lowest BCUT2D eigenvalue weighted by Gasteiger charge is -2.31. The van der Waals surface area contributed by atoms with E-state index in [9.17, 15) is 22.8 Å². The number of alkyl halides is 3. The molecule has 0 aromatic carbocycles. The maximum absolute atomic E-state index is 12.2. The number of nitrogens with zero attached hydrogens (tertiary/aromatic N) is 1. The molecule has 4 nitrogen and oxygen atoms in total. The molecule has 0 aromatic rings. The molecule has 1 N–H and O–H groups in total. The van der Waals surface area contributed by atoms with Crippen molar-refractivity contribution < 1.29 is 22.8 Å². The first-order chi connectivity index (χ1) is 8.18. The molecule has 1 heterocycles. The van der Waals surface area contributed by atoms with Crippen LogP contribution in [-0.4, -0.2) is 41.5 Å². The average molecular weight is 266 g/mol. The van der Waals surface area contributed by atoms with Crippen LogP contribution in [0.3, 0.4) is 0 Å². The van der Waals surface area contributed by atoms with Gasteiger partial charge in [-0.3, -0.25) is 9.59 Å². The third kappa shape index (κ3) is 3.61. The van der Waals surface area contributed by atoms with Gasteiger partial charge in [-0.15, -0.1) is 0 Å². The number of nitrogens with one attached hydrogen (secondary N) is 1. The van der Waals surface area contributed by atoms with Gasteiger partial charge in [0, 0.05) is 19.5 Å². The number of hydrogen-bond acceptors (Lipinski definition) is 2. The molecule has 18 heavy (non-hydrogen) atoms. The van der Waals surface area contributed by atoms with Crippen molar-refractivity contribution >= 4 is 11.8 Å². The Morgan fingerprint density at radius 2 is 2.00 bits per heavy atom. The van der Waals surface area contributed by atoms with Crippen LogP contribution in [0.15, 0.2) is 0 Å². The summed E-state index contributed by atoms with van der Waals surface area (Å²) in [7, 11) is 0. The van der Waals surface area contributed by atoms with E-state index >= 15 is 0 Å². The van der Waals surface area contributed by atoms with Crippen molar-refractivity contribution in [3.8, 4) is 0 Å². The maximum Gasteiger partial charge on any atom is 0.390 e. The summed E-state index contributed by atoms with van der Waals surface area (Å²) in [5, 5.41) is 2.57. The highest BCUT2D eigenvalue weighted by Gasteiger charge is 2.40. The molecular weight excluding hydrogens is 249 g/mol. The summed E-state index contributed by atoms with van der Waals surface area (Å²) in [5.74, 6) is -0.748. The molecule has 0 bridgehead atoms. The van der Waals surface area contributed by atoms with Crippen LogP contribution in [0.25, 0.3) is 0 Å². The zero-order chi connectivity index (χ0) is 14.0. The van der Waals surface area contributed by atoms with E-state index in [1.165, 1.54) is 0 Å². The number of hydrogen-bond donors (Lipinski definition) is 1. The van der Waals surface area contributed by atoms with Crippen molar-refractivity contribution in [2.45, 2.75) is 44.8 Å². The van der Waals surface area contributed by atoms with Crippen molar-refractivity contribution in [1.29, 1.82) is 0 Å². The minimum Gasteiger partial charge on any atom is -0.342 e. The van der Waals surface area contributed by atoms with Crippen LogP contribution in [-0.2, 0) is 9.59 Å². The topological polar surface area (TPSA) is 49.4 Å². The highest BCUT2D eigenvalue weighted by atomic mass is 19.4. The van der Waals surface area contributed by atoms with Gasteiger partial charge in [0.2, 0.25) is 11.8 Å². The lowest BCUT2D eigenvalue weighted by Crippen LogP contribution is -2.55. The van der Waals surface area contributed by atoms with Gasteiger partial charge in [0.05, 0.1) is 6.42 Å². The van der Waals surface area contributed by atoms with Crippen LogP contribution < -0.4 is 5.32 Å². The molecule has 1 aliphatic heterocycles. The molecule has 1 rings (SSSR count). The van der Waals surface area contributed by atoms with Crippen LogP contribution in [0.4, 0.5) is 13.2 Å². The summed E-state index contributed by atoms with van der Waals surface area (Å²) in [5.41, 5.74) is -1.10. The van der Waals surface area contributed by atoms with Crippen molar-refractivity contribution in [1.82, 2.24) is 10.2 Å². The Bertz CT molecular complexity index is 344. The summed E-state index contributed by atoms with van der Waals surface area (Å²) in [6, 6.07) is 0. The number of carbonyl (C=O) groups is 2. The highest BCUT2D eigenvalue weighted by molar-refractivity contribution is 5.93. The van der Waals surface area contributed by atoms with E-state index in [4.69, 9.17) is 0 Å². The van der Waals surface area contributed by atoms with Crippen LogP contribution in [0.5, 0.6) is 0 Å². The van der Waals surface area contributed by atoms with E-state index < -0.39 is 30.6 Å². The zero-order valence-electron chi connectivity index (χ0n) is 10.4. The molecule has 0 spiro atoms. The summed E-state index contributed by atoms with van der Waals surface area (Å²) in [4.78, 5) is 24.7. The number of rotatable bonds is 3. The van der Waals surface area contributed by atoms with Gasteiger partial charge in [-0.25, -0.2) is 0 Å². The van der Waals surface area contributed by atoms with Gasteiger partial charge >= 0.3 is 6.18 Å². The number of carbonyl (C=O) groups excluding carboxylic acids is 2. The normalized spacial score (nSPS) is 25.9. The van der Waals surface area contributed by atoms with Gasteiger partial charge in [-0.05, 0) is 13.3 Å². The van der Waals surface area contributed by atoms with Crippen LogP contribution in [0.1, 0.15) is 33.1 Å². The van der Waals surface area contributed by atoms with Gasteiger partial charge in [0.1, 0.15) is 5.54 Å². The Morgan fingerprint density at radius 3 is 2.50 bits per heavy atom. The van der Waals surface area contributed by atoms with Crippen molar-refractivity contribution in [3.63, 3.8) is 0 Å². The average Bonchev–Trinajstić information content (AvgIpc) is 2.36. The Hall–Kier alpha value is -1.27. The lowest BCUT2D eigenvalue weighted by atomic mass is 9.97. The third-order valence-corrected chi connectivity index (χ3v) is 3.16. The summed E-state index contributed by atoms with van der Waals surface area (Å²) in [6.45, 7) is 2.90. The summed E-state index contributed by atoms with van der Waals surface area (Å²) >= 11 is 0. The van der Waals surface area contributed by atoms with E-state index in [2.05, 4.69) is 5.32 Å². The second-order valence-corrected chi connectivity index (χ2v) is 4.64. The summed E-state index contributed by atoms with van der Waals surface area (Å²) < 4.78 is 36.5. The quantitative estimate of drug-likeness (QED) is 0.840. The minimum absolute atomic E-state index is 0.0380. The molecule has 7 heteroatoms. The molecule has 2 amide bonds. The van der Waals surface area contributed by atoms with Gasteiger partial charge in [-0.2, -0.15) is 13.2 Å². The molecule has 1 atom stereocenters. The molecule has 1 fully saturated rings. The zero-order valence-corrected chi connectivity index (χ0v) is 10.4. The first kappa shape index (κ1) is 14.8. The molecule has 104 valence electrons. The van der Waals surface area contributed by atoms with Crippen LogP contribution in [0.2, 0.25) is 0 Å². The van der Waals surface area contributed by atoms with Crippen molar-refractivity contribution in [2.75, 3.05) is 13.1 Å². The lowest BCUT2D eigenvalue weighted by molar-refractivity contribution is -0.148. The van der Waals surface area contributed by atoms with Gasteiger partial charge in [-0.1, -0.05) is 6.92 Å². The molecule has 0 aliphatic carbocycles. The second-order valence-electron chi connectivity index (χ2n) is 4.64. The Morgan fingerprint density at radius 1 is 1.39 bits per heavy atom. The first-order valence-corrected chi connectivity index (χ1v) is 5.85. The number of amides is 2. The highest BCUT2D eigenvalue weighted by Crippen LogP contribution is 2.23. The largest absolute Gasteiger partial charge is 0.390 e. The van der Waals surface area contributed by atoms with Gasteiger partial charge < -0.3 is 10.2 Å². The third-order valence-electron chi connectivity index (χ3n) is 3.16. The molecule has 1 aliphatic rings.